The van der Waals surface area contributed by atoms with E-state index in [2.05, 4.69) is 26.2 Å². The zero-order chi connectivity index (χ0) is 21.4. The van der Waals surface area contributed by atoms with Crippen molar-refractivity contribution in [2.45, 2.75) is 6.10 Å². The zero-order valence-electron chi connectivity index (χ0n) is 17.1. The van der Waals surface area contributed by atoms with Gasteiger partial charge in [0.25, 0.3) is 0 Å². The van der Waals surface area contributed by atoms with Gasteiger partial charge in [0.2, 0.25) is 0 Å². The van der Waals surface area contributed by atoms with Crippen LogP contribution in [0, 0.1) is 0 Å². The normalized spacial score (nSPS) is 12.2. The number of fused-ring (bicyclic) bond motifs is 1. The molecule has 0 bridgehead atoms. The molecule has 0 aliphatic carbocycles. The number of ether oxygens (including phenoxy) is 1. The Morgan fingerprint density at radius 1 is 1.03 bits per heavy atom. The number of H-pyrrole nitrogens is 1. The lowest BCUT2D eigenvalue weighted by molar-refractivity contribution is 0.206. The summed E-state index contributed by atoms with van der Waals surface area (Å²) in [5.41, 5.74) is 5.06. The Morgan fingerprint density at radius 3 is 2.71 bits per heavy atom. The van der Waals surface area contributed by atoms with Gasteiger partial charge in [0.1, 0.15) is 17.7 Å². The van der Waals surface area contributed by atoms with Crippen LogP contribution in [0.2, 0.25) is 0 Å². The van der Waals surface area contributed by atoms with Crippen molar-refractivity contribution in [2.24, 2.45) is 7.05 Å². The fourth-order valence-electron chi connectivity index (χ4n) is 3.79. The second kappa shape index (κ2) is 7.70. The van der Waals surface area contributed by atoms with Gasteiger partial charge < -0.3 is 14.4 Å². The molecule has 0 saturated heterocycles. The topological polar surface area (TPSA) is 88.8 Å². The van der Waals surface area contributed by atoms with Crippen LogP contribution >= 0.6 is 0 Å². The van der Waals surface area contributed by atoms with E-state index in [1.54, 1.807) is 19.5 Å². The van der Waals surface area contributed by atoms with Crippen molar-refractivity contribution in [3.63, 3.8) is 0 Å². The van der Waals surface area contributed by atoms with E-state index in [-0.39, 0.29) is 0 Å². The SMILES string of the molecule is COc1ccccc1-c1[nH]nc2ncc(-c3cccc(C(O)c4nccn4C)c3)cc12. The van der Waals surface area contributed by atoms with E-state index in [4.69, 9.17) is 4.74 Å². The number of aromatic nitrogens is 5. The Kier molecular flexibility index (Phi) is 4.72. The molecule has 2 aromatic carbocycles. The van der Waals surface area contributed by atoms with Gasteiger partial charge in [-0.3, -0.25) is 5.10 Å². The molecule has 1 unspecified atom stereocenters. The number of hydrogen-bond donors (Lipinski definition) is 2. The van der Waals surface area contributed by atoms with Gasteiger partial charge in [-0.1, -0.05) is 30.3 Å². The predicted molar refractivity (Wildman–Crippen MR) is 119 cm³/mol. The molecule has 0 aliphatic heterocycles. The number of methoxy groups -OCH3 is 1. The van der Waals surface area contributed by atoms with Crippen LogP contribution in [0.4, 0.5) is 0 Å². The Hall–Kier alpha value is -3.97. The summed E-state index contributed by atoms with van der Waals surface area (Å²) in [6.45, 7) is 0. The van der Waals surface area contributed by atoms with Crippen molar-refractivity contribution in [1.29, 1.82) is 0 Å². The van der Waals surface area contributed by atoms with Crippen molar-refractivity contribution in [3.05, 3.63) is 84.6 Å². The quantitative estimate of drug-likeness (QED) is 0.454. The largest absolute Gasteiger partial charge is 0.496 e. The molecule has 5 rings (SSSR count). The molecule has 3 aromatic heterocycles. The van der Waals surface area contributed by atoms with Crippen molar-refractivity contribution < 1.29 is 9.84 Å². The molecular formula is C24H21N5O2. The van der Waals surface area contributed by atoms with E-state index in [9.17, 15) is 5.11 Å². The molecule has 3 heterocycles. The fraction of sp³-hybridized carbons (Fsp3) is 0.125. The number of nitrogens with zero attached hydrogens (tertiary/aromatic N) is 4. The van der Waals surface area contributed by atoms with Crippen LogP contribution in [0.3, 0.4) is 0 Å². The molecule has 0 spiro atoms. The summed E-state index contributed by atoms with van der Waals surface area (Å²) >= 11 is 0. The van der Waals surface area contributed by atoms with Gasteiger partial charge in [-0.2, -0.15) is 5.10 Å². The minimum Gasteiger partial charge on any atom is -0.496 e. The van der Waals surface area contributed by atoms with E-state index < -0.39 is 6.10 Å². The number of aliphatic hydroxyl groups is 1. The Labute approximate surface area is 179 Å². The molecule has 0 amide bonds. The van der Waals surface area contributed by atoms with E-state index in [1.165, 1.54) is 0 Å². The smallest absolute Gasteiger partial charge is 0.181 e. The summed E-state index contributed by atoms with van der Waals surface area (Å²) in [4.78, 5) is 8.80. The first-order chi connectivity index (χ1) is 15.2. The third kappa shape index (κ3) is 3.35. The van der Waals surface area contributed by atoms with Crippen LogP contribution in [-0.2, 0) is 7.05 Å². The van der Waals surface area contributed by atoms with Crippen LogP contribution in [0.5, 0.6) is 5.75 Å². The van der Waals surface area contributed by atoms with Crippen molar-refractivity contribution in [3.8, 4) is 28.1 Å². The number of aliphatic hydroxyl groups excluding tert-OH is 1. The van der Waals surface area contributed by atoms with Gasteiger partial charge >= 0.3 is 0 Å². The summed E-state index contributed by atoms with van der Waals surface area (Å²) in [5.74, 6) is 1.36. The first-order valence-corrected chi connectivity index (χ1v) is 9.89. The molecule has 154 valence electrons. The predicted octanol–water partition coefficient (Wildman–Crippen LogP) is 4.12. The number of pyridine rings is 1. The van der Waals surface area contributed by atoms with Gasteiger partial charge in [0, 0.05) is 42.2 Å². The third-order valence-corrected chi connectivity index (χ3v) is 5.42. The summed E-state index contributed by atoms with van der Waals surface area (Å²) in [7, 11) is 3.52. The highest BCUT2D eigenvalue weighted by Gasteiger charge is 2.17. The van der Waals surface area contributed by atoms with Gasteiger partial charge in [-0.25, -0.2) is 9.97 Å². The molecule has 0 radical (unpaired) electrons. The number of para-hydroxylation sites is 1. The fourth-order valence-corrected chi connectivity index (χ4v) is 3.79. The molecule has 31 heavy (non-hydrogen) atoms. The van der Waals surface area contributed by atoms with Crippen LogP contribution in [0.1, 0.15) is 17.5 Å². The number of aryl methyl sites for hydroxylation is 1. The number of nitrogens with one attached hydrogen (secondary N) is 1. The third-order valence-electron chi connectivity index (χ3n) is 5.42. The maximum absolute atomic E-state index is 10.8. The minimum absolute atomic E-state index is 0.596. The molecule has 0 fully saturated rings. The van der Waals surface area contributed by atoms with Crippen LogP contribution < -0.4 is 4.74 Å². The molecular weight excluding hydrogens is 390 g/mol. The number of benzene rings is 2. The second-order valence-electron chi connectivity index (χ2n) is 7.32. The van der Waals surface area contributed by atoms with Crippen molar-refractivity contribution in [2.75, 3.05) is 7.11 Å². The average molecular weight is 411 g/mol. The van der Waals surface area contributed by atoms with Gasteiger partial charge in [-0.05, 0) is 35.4 Å². The number of imidazole rings is 1. The summed E-state index contributed by atoms with van der Waals surface area (Å²) in [6.07, 6.45) is 4.48. The van der Waals surface area contributed by atoms with Crippen LogP contribution in [0.15, 0.2) is 73.2 Å². The van der Waals surface area contributed by atoms with Crippen molar-refractivity contribution in [1.82, 2.24) is 24.7 Å². The lowest BCUT2D eigenvalue weighted by Crippen LogP contribution is -2.06. The Morgan fingerprint density at radius 2 is 1.90 bits per heavy atom. The maximum Gasteiger partial charge on any atom is 0.181 e. The molecule has 1 atom stereocenters. The second-order valence-corrected chi connectivity index (χ2v) is 7.32. The van der Waals surface area contributed by atoms with E-state index in [0.717, 1.165) is 39.1 Å². The lowest BCUT2D eigenvalue weighted by atomic mass is 10.00. The van der Waals surface area contributed by atoms with Crippen LogP contribution in [0.25, 0.3) is 33.4 Å². The van der Waals surface area contributed by atoms with E-state index in [1.807, 2.05) is 66.3 Å². The van der Waals surface area contributed by atoms with Gasteiger partial charge in [-0.15, -0.1) is 0 Å². The standard InChI is InChI=1S/C24H21N5O2/c1-29-11-10-25-24(29)22(30)16-7-5-6-15(12-16)17-13-19-21(27-28-23(19)26-14-17)18-8-3-4-9-20(18)31-2/h3-14,22,30H,1-2H3,(H,26,27,28). The Balaban J connectivity index is 1.58. The zero-order valence-corrected chi connectivity index (χ0v) is 17.1. The van der Waals surface area contributed by atoms with Crippen LogP contribution in [-0.4, -0.2) is 36.9 Å². The number of hydrogen-bond acceptors (Lipinski definition) is 5. The lowest BCUT2D eigenvalue weighted by Gasteiger charge is -2.12. The Bertz CT molecular complexity index is 1370. The van der Waals surface area contributed by atoms with E-state index in [0.29, 0.717) is 11.5 Å². The maximum atomic E-state index is 10.8. The highest BCUT2D eigenvalue weighted by molar-refractivity contribution is 5.94. The van der Waals surface area contributed by atoms with Gasteiger partial charge in [0.05, 0.1) is 12.8 Å². The molecule has 0 saturated carbocycles. The molecule has 7 heteroatoms. The molecule has 7 nitrogen and oxygen atoms in total. The first kappa shape index (κ1) is 19.0. The summed E-state index contributed by atoms with van der Waals surface area (Å²) in [5, 5.41) is 19.1. The summed E-state index contributed by atoms with van der Waals surface area (Å²) in [6, 6.07) is 17.6. The molecule has 2 N–H and O–H groups in total. The number of aromatic amines is 1. The highest BCUT2D eigenvalue weighted by Crippen LogP contribution is 2.34. The minimum atomic E-state index is -0.810. The number of rotatable bonds is 5. The first-order valence-electron chi connectivity index (χ1n) is 9.89. The molecule has 5 aromatic rings. The summed E-state index contributed by atoms with van der Waals surface area (Å²) < 4.78 is 7.33. The average Bonchev–Trinajstić information content (AvgIpc) is 3.44. The highest BCUT2D eigenvalue weighted by atomic mass is 16.5. The monoisotopic (exact) mass is 411 g/mol. The van der Waals surface area contributed by atoms with Gasteiger partial charge in [0.15, 0.2) is 5.65 Å². The van der Waals surface area contributed by atoms with Crippen molar-refractivity contribution >= 4 is 11.0 Å². The molecule has 0 aliphatic rings. The van der Waals surface area contributed by atoms with E-state index >= 15 is 0 Å².